The molecule has 242 valence electrons. The number of esters is 2. The third-order valence-electron chi connectivity index (χ3n) is 9.76. The zero-order chi connectivity index (χ0) is 32.6. The molecule has 6 rings (SSSR count). The standard InChI is InChI=1S/C33H40BF2NO8/c1-31(2)22-17-25(31)33(4)26(18-22)44-34(45-33)27(37-28(38)13-14-32(3,35)36)16-20-9-8-10-21(15-20)29(39)42-19-43-30(40)23-11-6-7-12-24(23)41-5/h6-12,15,22,25-27H,13-14,16-19H2,1-5H3,(H,37,38). The van der Waals surface area contributed by atoms with Crippen molar-refractivity contribution in [2.45, 2.75) is 83.4 Å². The molecule has 2 bridgehead atoms. The first-order valence-corrected chi connectivity index (χ1v) is 15.3. The van der Waals surface area contributed by atoms with Crippen LogP contribution in [0, 0.1) is 17.3 Å². The van der Waals surface area contributed by atoms with Crippen LogP contribution in [0.5, 0.6) is 5.75 Å². The predicted molar refractivity (Wildman–Crippen MR) is 161 cm³/mol. The maximum atomic E-state index is 13.5. The minimum Gasteiger partial charge on any atom is -0.496 e. The number of nitrogens with one attached hydrogen (secondary N) is 1. The SMILES string of the molecule is COc1ccccc1C(=O)OCOC(=O)c1cccc(CC(NC(=O)CCC(C)(F)F)B2OC3CC4CC(C4(C)C)C3(C)O2)c1. The smallest absolute Gasteiger partial charge is 0.482 e. The summed E-state index contributed by atoms with van der Waals surface area (Å²) in [7, 11) is 0.631. The second kappa shape index (κ2) is 12.7. The number of rotatable bonds is 12. The lowest BCUT2D eigenvalue weighted by atomic mass is 9.43. The first-order chi connectivity index (χ1) is 21.2. The molecule has 4 aliphatic rings. The van der Waals surface area contributed by atoms with E-state index in [2.05, 4.69) is 26.1 Å². The van der Waals surface area contributed by atoms with Crippen molar-refractivity contribution in [3.05, 3.63) is 65.2 Å². The number of carbonyl (C=O) groups is 3. The Hall–Kier alpha value is -3.51. The van der Waals surface area contributed by atoms with Gasteiger partial charge in [0.05, 0.1) is 30.3 Å². The van der Waals surface area contributed by atoms with E-state index in [0.717, 1.165) is 19.8 Å². The maximum absolute atomic E-state index is 13.5. The molecule has 1 aliphatic heterocycles. The lowest BCUT2D eigenvalue weighted by Crippen LogP contribution is -2.65. The lowest BCUT2D eigenvalue weighted by Gasteiger charge is -2.64. The van der Waals surface area contributed by atoms with Crippen molar-refractivity contribution in [3.8, 4) is 5.75 Å². The van der Waals surface area contributed by atoms with E-state index in [0.29, 0.717) is 23.1 Å². The minimum absolute atomic E-state index is 0.116. The molecule has 1 N–H and O–H groups in total. The Morgan fingerprint density at radius 3 is 2.51 bits per heavy atom. The van der Waals surface area contributed by atoms with Crippen LogP contribution in [0.2, 0.25) is 0 Å². The van der Waals surface area contributed by atoms with Gasteiger partial charge in [-0.05, 0) is 80.2 Å². The summed E-state index contributed by atoms with van der Waals surface area (Å²) in [4.78, 5) is 38.1. The minimum atomic E-state index is -2.97. The molecule has 1 heterocycles. The topological polar surface area (TPSA) is 109 Å². The molecular formula is C33H40BF2NO8. The Kier molecular flexibility index (Phi) is 9.29. The van der Waals surface area contributed by atoms with Crippen LogP contribution in [0.3, 0.4) is 0 Å². The zero-order valence-corrected chi connectivity index (χ0v) is 26.3. The van der Waals surface area contributed by atoms with E-state index < -0.39 is 55.6 Å². The molecule has 3 aliphatic carbocycles. The molecule has 1 amide bonds. The van der Waals surface area contributed by atoms with Crippen molar-refractivity contribution in [1.29, 1.82) is 0 Å². The highest BCUT2D eigenvalue weighted by Gasteiger charge is 2.68. The van der Waals surface area contributed by atoms with Crippen molar-refractivity contribution < 1.29 is 46.7 Å². The summed E-state index contributed by atoms with van der Waals surface area (Å²) in [5.41, 5.74) is 0.645. The Morgan fingerprint density at radius 2 is 1.80 bits per heavy atom. The van der Waals surface area contributed by atoms with Gasteiger partial charge in [-0.1, -0.05) is 38.1 Å². The third kappa shape index (κ3) is 7.01. The van der Waals surface area contributed by atoms with Gasteiger partial charge < -0.3 is 28.8 Å². The van der Waals surface area contributed by atoms with E-state index in [4.69, 9.17) is 23.5 Å². The van der Waals surface area contributed by atoms with Gasteiger partial charge in [0, 0.05) is 12.8 Å². The van der Waals surface area contributed by atoms with Gasteiger partial charge in [-0.3, -0.25) is 4.79 Å². The van der Waals surface area contributed by atoms with Gasteiger partial charge in [0.25, 0.3) is 0 Å². The van der Waals surface area contributed by atoms with Crippen LogP contribution >= 0.6 is 0 Å². The van der Waals surface area contributed by atoms with Crippen molar-refractivity contribution in [2.75, 3.05) is 13.9 Å². The first kappa shape index (κ1) is 32.9. The number of benzene rings is 2. The molecule has 2 aromatic rings. The normalized spacial score (nSPS) is 25.4. The summed E-state index contributed by atoms with van der Waals surface area (Å²) < 4.78 is 55.5. The Labute approximate surface area is 262 Å². The van der Waals surface area contributed by atoms with E-state index >= 15 is 0 Å². The van der Waals surface area contributed by atoms with Gasteiger partial charge in [-0.2, -0.15) is 0 Å². The van der Waals surface area contributed by atoms with Crippen molar-refractivity contribution in [3.63, 3.8) is 0 Å². The van der Waals surface area contributed by atoms with Gasteiger partial charge >= 0.3 is 19.1 Å². The highest BCUT2D eigenvalue weighted by Crippen LogP contribution is 2.65. The summed E-state index contributed by atoms with van der Waals surface area (Å²) in [5.74, 6) is -4.48. The number of alkyl halides is 2. The van der Waals surface area contributed by atoms with Gasteiger partial charge in [-0.15, -0.1) is 0 Å². The molecule has 1 saturated heterocycles. The second-order valence-corrected chi connectivity index (χ2v) is 13.2. The van der Waals surface area contributed by atoms with Crippen LogP contribution in [0.4, 0.5) is 8.78 Å². The summed E-state index contributed by atoms with van der Waals surface area (Å²) in [6, 6.07) is 13.1. The number of ether oxygens (including phenoxy) is 3. The molecule has 0 spiro atoms. The molecule has 5 unspecified atom stereocenters. The van der Waals surface area contributed by atoms with Gasteiger partial charge in [-0.25, -0.2) is 18.4 Å². The Bertz CT molecular complexity index is 1430. The largest absolute Gasteiger partial charge is 0.496 e. The number of amides is 1. The number of halogens is 2. The van der Waals surface area contributed by atoms with Crippen molar-refractivity contribution in [1.82, 2.24) is 5.32 Å². The third-order valence-corrected chi connectivity index (χ3v) is 9.76. The molecule has 5 atom stereocenters. The van der Waals surface area contributed by atoms with Gasteiger partial charge in [0.2, 0.25) is 18.6 Å². The number of methoxy groups -OCH3 is 1. The van der Waals surface area contributed by atoms with Crippen molar-refractivity contribution >= 4 is 25.0 Å². The number of hydrogen-bond acceptors (Lipinski definition) is 8. The van der Waals surface area contributed by atoms with E-state index in [1.54, 1.807) is 42.5 Å². The summed E-state index contributed by atoms with van der Waals surface area (Å²) >= 11 is 0. The highest BCUT2D eigenvalue weighted by atomic mass is 19.3. The zero-order valence-electron chi connectivity index (χ0n) is 26.3. The first-order valence-electron chi connectivity index (χ1n) is 15.3. The van der Waals surface area contributed by atoms with Crippen LogP contribution in [0.15, 0.2) is 48.5 Å². The number of para-hydroxylation sites is 1. The number of hydrogen-bond donors (Lipinski definition) is 1. The molecule has 0 radical (unpaired) electrons. The fraction of sp³-hybridized carbons (Fsp3) is 0.545. The molecule has 4 fully saturated rings. The molecule has 9 nitrogen and oxygen atoms in total. The second-order valence-electron chi connectivity index (χ2n) is 13.2. The van der Waals surface area contributed by atoms with E-state index in [1.807, 2.05) is 0 Å². The maximum Gasteiger partial charge on any atom is 0.482 e. The van der Waals surface area contributed by atoms with Crippen LogP contribution in [-0.2, 0) is 30.0 Å². The monoisotopic (exact) mass is 627 g/mol. The van der Waals surface area contributed by atoms with E-state index in [1.165, 1.54) is 13.2 Å². The Balaban J connectivity index is 1.25. The fourth-order valence-corrected chi connectivity index (χ4v) is 7.09. The molecular weight excluding hydrogens is 587 g/mol. The summed E-state index contributed by atoms with van der Waals surface area (Å²) in [5, 5.41) is 2.87. The number of carbonyl (C=O) groups excluding carboxylic acids is 3. The molecule has 45 heavy (non-hydrogen) atoms. The fourth-order valence-electron chi connectivity index (χ4n) is 7.09. The van der Waals surface area contributed by atoms with Crippen LogP contribution < -0.4 is 10.1 Å². The highest BCUT2D eigenvalue weighted by molar-refractivity contribution is 6.48. The molecule has 12 heteroatoms. The van der Waals surface area contributed by atoms with Crippen LogP contribution in [0.1, 0.15) is 79.7 Å². The van der Waals surface area contributed by atoms with E-state index in [-0.39, 0.29) is 35.5 Å². The van der Waals surface area contributed by atoms with Crippen LogP contribution in [-0.4, -0.2) is 62.4 Å². The predicted octanol–water partition coefficient (Wildman–Crippen LogP) is 5.40. The quantitative estimate of drug-likeness (QED) is 0.190. The van der Waals surface area contributed by atoms with Gasteiger partial charge in [0.15, 0.2) is 0 Å². The average Bonchev–Trinajstić information content (AvgIpc) is 3.36. The molecule has 3 saturated carbocycles. The summed E-state index contributed by atoms with van der Waals surface area (Å²) in [6.45, 7) is 6.73. The van der Waals surface area contributed by atoms with Gasteiger partial charge in [0.1, 0.15) is 11.3 Å². The van der Waals surface area contributed by atoms with Crippen molar-refractivity contribution in [2.24, 2.45) is 17.3 Å². The average molecular weight is 627 g/mol. The lowest BCUT2D eigenvalue weighted by molar-refractivity contribution is -0.199. The Morgan fingerprint density at radius 1 is 1.07 bits per heavy atom. The molecule has 0 aromatic heterocycles. The molecule has 2 aromatic carbocycles. The van der Waals surface area contributed by atoms with E-state index in [9.17, 15) is 23.2 Å². The summed E-state index contributed by atoms with van der Waals surface area (Å²) in [6.07, 6.45) is 1.03. The van der Waals surface area contributed by atoms with Crippen LogP contribution in [0.25, 0.3) is 0 Å².